The maximum Gasteiger partial charge on any atom is 0.306 e. The van der Waals surface area contributed by atoms with Gasteiger partial charge in [-0.05, 0) is 19.3 Å². The van der Waals surface area contributed by atoms with E-state index in [4.69, 9.17) is 5.11 Å². The highest BCUT2D eigenvalue weighted by Crippen LogP contribution is 2.25. The van der Waals surface area contributed by atoms with Crippen molar-refractivity contribution >= 4 is 5.97 Å². The summed E-state index contributed by atoms with van der Waals surface area (Å²) >= 11 is 0. The molecule has 0 aliphatic heterocycles. The molecule has 0 saturated heterocycles. The van der Waals surface area contributed by atoms with Gasteiger partial charge in [0.2, 0.25) is 0 Å². The van der Waals surface area contributed by atoms with Crippen LogP contribution >= 0.6 is 0 Å². The number of aliphatic carboxylic acids is 1. The van der Waals surface area contributed by atoms with Crippen LogP contribution in [0.5, 0.6) is 0 Å². The van der Waals surface area contributed by atoms with E-state index in [1.54, 1.807) is 0 Å². The Labute approximate surface area is 73.2 Å². The first-order chi connectivity index (χ1) is 5.59. The molecule has 1 aliphatic carbocycles. The lowest BCUT2D eigenvalue weighted by molar-refractivity contribution is -0.141. The summed E-state index contributed by atoms with van der Waals surface area (Å²) in [5.41, 5.74) is 0. The standard InChI is InChI=1S/C9H17NO2/c1-6(2)10-8-4-3-7(5-8)9(11)12/h6-8,10H,3-5H2,1-2H3,(H,11,12)/t7-,8-/m1/s1. The van der Waals surface area contributed by atoms with Crippen LogP contribution in [-0.4, -0.2) is 23.2 Å². The van der Waals surface area contributed by atoms with Crippen LogP contribution in [0.2, 0.25) is 0 Å². The quantitative estimate of drug-likeness (QED) is 0.671. The molecule has 0 amide bonds. The van der Waals surface area contributed by atoms with Gasteiger partial charge in [-0.2, -0.15) is 0 Å². The van der Waals surface area contributed by atoms with Gasteiger partial charge in [0.25, 0.3) is 0 Å². The van der Waals surface area contributed by atoms with Crippen molar-refractivity contribution in [2.75, 3.05) is 0 Å². The zero-order valence-electron chi connectivity index (χ0n) is 7.71. The third kappa shape index (κ3) is 2.48. The molecule has 0 heterocycles. The van der Waals surface area contributed by atoms with Gasteiger partial charge in [0, 0.05) is 12.1 Å². The number of hydrogen-bond donors (Lipinski definition) is 2. The van der Waals surface area contributed by atoms with Crippen molar-refractivity contribution < 1.29 is 9.90 Å². The van der Waals surface area contributed by atoms with Crippen LogP contribution in [0.15, 0.2) is 0 Å². The van der Waals surface area contributed by atoms with E-state index >= 15 is 0 Å². The first kappa shape index (κ1) is 9.52. The molecule has 1 aliphatic rings. The molecule has 0 radical (unpaired) electrons. The minimum absolute atomic E-state index is 0.110. The van der Waals surface area contributed by atoms with Crippen LogP contribution in [0.3, 0.4) is 0 Å². The molecule has 3 heteroatoms. The molecule has 0 bridgehead atoms. The fourth-order valence-electron chi connectivity index (χ4n) is 1.83. The van der Waals surface area contributed by atoms with Crippen LogP contribution in [0.4, 0.5) is 0 Å². The second-order valence-electron chi connectivity index (χ2n) is 3.87. The molecule has 0 spiro atoms. The molecule has 2 N–H and O–H groups in total. The summed E-state index contributed by atoms with van der Waals surface area (Å²) in [6.07, 6.45) is 2.64. The van der Waals surface area contributed by atoms with Gasteiger partial charge in [0.15, 0.2) is 0 Å². The van der Waals surface area contributed by atoms with Crippen LogP contribution in [0.1, 0.15) is 33.1 Å². The highest BCUT2D eigenvalue weighted by atomic mass is 16.4. The molecular weight excluding hydrogens is 154 g/mol. The normalized spacial score (nSPS) is 29.6. The Kier molecular flexibility index (Phi) is 3.09. The molecule has 1 fully saturated rings. The number of carboxylic acids is 1. The third-order valence-corrected chi connectivity index (χ3v) is 2.35. The average Bonchev–Trinajstić information content (AvgIpc) is 2.34. The van der Waals surface area contributed by atoms with Gasteiger partial charge in [-0.15, -0.1) is 0 Å². The Morgan fingerprint density at radius 2 is 2.17 bits per heavy atom. The lowest BCUT2D eigenvalue weighted by atomic mass is 10.1. The molecule has 0 aromatic carbocycles. The lowest BCUT2D eigenvalue weighted by Crippen LogP contribution is -2.33. The minimum Gasteiger partial charge on any atom is -0.481 e. The summed E-state index contributed by atoms with van der Waals surface area (Å²) in [5.74, 6) is -0.746. The molecule has 0 aromatic heterocycles. The second-order valence-corrected chi connectivity index (χ2v) is 3.87. The van der Waals surface area contributed by atoms with Crippen molar-refractivity contribution in [2.24, 2.45) is 5.92 Å². The predicted octanol–water partition coefficient (Wildman–Crippen LogP) is 1.24. The van der Waals surface area contributed by atoms with Gasteiger partial charge in [0.1, 0.15) is 0 Å². The number of hydrogen-bond acceptors (Lipinski definition) is 2. The largest absolute Gasteiger partial charge is 0.481 e. The summed E-state index contributed by atoms with van der Waals surface area (Å²) in [6.45, 7) is 4.18. The zero-order chi connectivity index (χ0) is 9.14. The van der Waals surface area contributed by atoms with Crippen molar-refractivity contribution in [1.82, 2.24) is 5.32 Å². The van der Waals surface area contributed by atoms with Crippen LogP contribution in [-0.2, 0) is 4.79 Å². The lowest BCUT2D eigenvalue weighted by Gasteiger charge is -2.14. The summed E-state index contributed by atoms with van der Waals surface area (Å²) < 4.78 is 0. The highest BCUT2D eigenvalue weighted by Gasteiger charge is 2.29. The number of carboxylic acid groups (broad SMARTS) is 1. The van der Waals surface area contributed by atoms with E-state index in [0.29, 0.717) is 12.1 Å². The maximum absolute atomic E-state index is 10.6. The Morgan fingerprint density at radius 1 is 1.50 bits per heavy atom. The van der Waals surface area contributed by atoms with Crippen LogP contribution in [0.25, 0.3) is 0 Å². The number of carbonyl (C=O) groups is 1. The average molecular weight is 171 g/mol. The molecule has 1 rings (SSSR count). The summed E-state index contributed by atoms with van der Waals surface area (Å²) in [5, 5.41) is 12.1. The predicted molar refractivity (Wildman–Crippen MR) is 47.0 cm³/mol. The van der Waals surface area contributed by atoms with Gasteiger partial charge in [-0.25, -0.2) is 0 Å². The van der Waals surface area contributed by atoms with E-state index in [2.05, 4.69) is 19.2 Å². The van der Waals surface area contributed by atoms with E-state index in [0.717, 1.165) is 19.3 Å². The Morgan fingerprint density at radius 3 is 2.58 bits per heavy atom. The Hall–Kier alpha value is -0.570. The van der Waals surface area contributed by atoms with Gasteiger partial charge >= 0.3 is 5.97 Å². The van der Waals surface area contributed by atoms with Crippen molar-refractivity contribution in [3.05, 3.63) is 0 Å². The molecule has 0 unspecified atom stereocenters. The number of rotatable bonds is 3. The Balaban J connectivity index is 2.30. The fourth-order valence-corrected chi connectivity index (χ4v) is 1.83. The molecule has 70 valence electrons. The summed E-state index contributed by atoms with van der Waals surface area (Å²) in [4.78, 5) is 10.6. The maximum atomic E-state index is 10.6. The van der Waals surface area contributed by atoms with Crippen molar-refractivity contribution in [3.63, 3.8) is 0 Å². The minimum atomic E-state index is -0.636. The van der Waals surface area contributed by atoms with Gasteiger partial charge in [-0.1, -0.05) is 13.8 Å². The Bertz CT molecular complexity index is 168. The van der Waals surface area contributed by atoms with E-state index in [9.17, 15) is 4.79 Å². The van der Waals surface area contributed by atoms with Crippen molar-refractivity contribution in [3.8, 4) is 0 Å². The third-order valence-electron chi connectivity index (χ3n) is 2.35. The monoisotopic (exact) mass is 171 g/mol. The first-order valence-corrected chi connectivity index (χ1v) is 4.58. The fraction of sp³-hybridized carbons (Fsp3) is 0.889. The van der Waals surface area contributed by atoms with Crippen LogP contribution in [0, 0.1) is 5.92 Å². The van der Waals surface area contributed by atoms with Gasteiger partial charge in [-0.3, -0.25) is 4.79 Å². The SMILES string of the molecule is CC(C)N[C@@H]1CC[C@@H](C(=O)O)C1. The van der Waals surface area contributed by atoms with E-state index < -0.39 is 5.97 Å². The zero-order valence-corrected chi connectivity index (χ0v) is 7.71. The van der Waals surface area contributed by atoms with E-state index in [-0.39, 0.29) is 5.92 Å². The van der Waals surface area contributed by atoms with Crippen molar-refractivity contribution in [1.29, 1.82) is 0 Å². The molecule has 1 saturated carbocycles. The van der Waals surface area contributed by atoms with Gasteiger partial charge < -0.3 is 10.4 Å². The van der Waals surface area contributed by atoms with E-state index in [1.807, 2.05) is 0 Å². The second kappa shape index (κ2) is 3.90. The summed E-state index contributed by atoms with van der Waals surface area (Å²) in [6, 6.07) is 0.883. The summed E-state index contributed by atoms with van der Waals surface area (Å²) in [7, 11) is 0. The molecule has 3 nitrogen and oxygen atoms in total. The smallest absolute Gasteiger partial charge is 0.306 e. The number of nitrogens with one attached hydrogen (secondary N) is 1. The topological polar surface area (TPSA) is 49.3 Å². The molecular formula is C9H17NO2. The molecule has 0 aromatic rings. The molecule has 2 atom stereocenters. The van der Waals surface area contributed by atoms with E-state index in [1.165, 1.54) is 0 Å². The van der Waals surface area contributed by atoms with Gasteiger partial charge in [0.05, 0.1) is 5.92 Å². The highest BCUT2D eigenvalue weighted by molar-refractivity contribution is 5.70. The van der Waals surface area contributed by atoms with Crippen LogP contribution < -0.4 is 5.32 Å². The first-order valence-electron chi connectivity index (χ1n) is 4.58. The van der Waals surface area contributed by atoms with Crippen molar-refractivity contribution in [2.45, 2.75) is 45.2 Å². The molecule has 12 heavy (non-hydrogen) atoms.